The number of hydrogen-bond donors (Lipinski definition) is 0. The van der Waals surface area contributed by atoms with E-state index in [1.807, 2.05) is 31.2 Å². The van der Waals surface area contributed by atoms with E-state index < -0.39 is 0 Å². The molecule has 0 saturated heterocycles. The molecular weight excluding hydrogens is 480 g/mol. The van der Waals surface area contributed by atoms with Gasteiger partial charge in [0.2, 0.25) is 0 Å². The summed E-state index contributed by atoms with van der Waals surface area (Å²) in [6, 6.07) is 9.96. The van der Waals surface area contributed by atoms with Crippen LogP contribution in [0.15, 0.2) is 39.3 Å². The van der Waals surface area contributed by atoms with Gasteiger partial charge in [0.15, 0.2) is 0 Å². The Balaban J connectivity index is 1.85. The van der Waals surface area contributed by atoms with Crippen LogP contribution in [0.3, 0.4) is 0 Å². The Labute approximate surface area is 187 Å². The van der Waals surface area contributed by atoms with Gasteiger partial charge in [-0.2, -0.15) is 0 Å². The minimum Gasteiger partial charge on any atom is -0.494 e. The molecule has 2 aromatic rings. The first-order valence-corrected chi connectivity index (χ1v) is 11.7. The Hall–Kier alpha value is -1.00. The van der Waals surface area contributed by atoms with Crippen LogP contribution in [0.1, 0.15) is 57.6 Å². The van der Waals surface area contributed by atoms with Gasteiger partial charge in [-0.3, -0.25) is 0 Å². The Kier molecular flexibility index (Phi) is 9.36. The van der Waals surface area contributed by atoms with Gasteiger partial charge in [-0.1, -0.05) is 56.0 Å². The smallest absolute Gasteiger partial charge is 0.144 e. The van der Waals surface area contributed by atoms with Crippen molar-refractivity contribution in [2.75, 3.05) is 6.61 Å². The van der Waals surface area contributed by atoms with Crippen molar-refractivity contribution in [2.45, 2.75) is 60.3 Å². The van der Waals surface area contributed by atoms with Crippen molar-refractivity contribution in [2.24, 2.45) is 11.8 Å². The molecule has 0 aromatic heterocycles. The lowest BCUT2D eigenvalue weighted by Gasteiger charge is -2.15. The van der Waals surface area contributed by atoms with Crippen LogP contribution >= 0.6 is 31.9 Å². The molecule has 0 bridgehead atoms. The summed E-state index contributed by atoms with van der Waals surface area (Å²) in [5.41, 5.74) is 2.21. The van der Waals surface area contributed by atoms with E-state index in [-0.39, 0.29) is 0 Å². The van der Waals surface area contributed by atoms with Gasteiger partial charge in [-0.25, -0.2) is 0 Å². The number of hydrogen-bond acceptors (Lipinski definition) is 2. The van der Waals surface area contributed by atoms with Crippen LogP contribution in [0.5, 0.6) is 17.2 Å². The average molecular weight is 512 g/mol. The lowest BCUT2D eigenvalue weighted by atomic mass is 9.98. The summed E-state index contributed by atoms with van der Waals surface area (Å²) in [5, 5.41) is 0. The molecule has 0 N–H and O–H groups in total. The molecule has 1 unspecified atom stereocenters. The topological polar surface area (TPSA) is 18.5 Å². The average Bonchev–Trinajstić information content (AvgIpc) is 2.64. The molecule has 0 aliphatic carbocycles. The van der Waals surface area contributed by atoms with E-state index in [2.05, 4.69) is 65.6 Å². The Morgan fingerprint density at radius 3 is 2.18 bits per heavy atom. The molecule has 1 atom stereocenters. The standard InChI is InChI=1S/C24H32Br2O2/c1-16(2)7-6-8-17(3)13-14-27-20-9-11-21(12-10-20)28-24-18(4)15-22(25)19(5)23(24)26/h9-12,15-17H,6-8,13-14H2,1-5H3. The number of rotatable bonds is 10. The van der Waals surface area contributed by atoms with Gasteiger partial charge >= 0.3 is 0 Å². The zero-order chi connectivity index (χ0) is 20.7. The highest BCUT2D eigenvalue weighted by atomic mass is 79.9. The highest BCUT2D eigenvalue weighted by Crippen LogP contribution is 2.39. The molecule has 154 valence electrons. The number of aryl methyl sites for hydroxylation is 1. The molecule has 0 radical (unpaired) electrons. The van der Waals surface area contributed by atoms with Gasteiger partial charge < -0.3 is 9.47 Å². The molecule has 0 saturated carbocycles. The van der Waals surface area contributed by atoms with Gasteiger partial charge in [0.05, 0.1) is 11.1 Å². The summed E-state index contributed by atoms with van der Waals surface area (Å²) < 4.78 is 14.1. The lowest BCUT2D eigenvalue weighted by molar-refractivity contribution is 0.275. The molecular formula is C24H32Br2O2. The van der Waals surface area contributed by atoms with E-state index >= 15 is 0 Å². The van der Waals surface area contributed by atoms with Crippen LogP contribution < -0.4 is 9.47 Å². The summed E-state index contributed by atoms with van der Waals surface area (Å²) in [4.78, 5) is 0. The van der Waals surface area contributed by atoms with Crippen LogP contribution in [0.25, 0.3) is 0 Å². The number of benzene rings is 2. The third-order valence-corrected chi connectivity index (χ3v) is 6.77. The molecule has 0 spiro atoms. The fraction of sp³-hybridized carbons (Fsp3) is 0.500. The third kappa shape index (κ3) is 7.11. The first kappa shape index (κ1) is 23.3. The van der Waals surface area contributed by atoms with Gasteiger partial charge in [0.25, 0.3) is 0 Å². The molecule has 2 aromatic carbocycles. The Bertz CT molecular complexity index is 754. The Morgan fingerprint density at radius 2 is 1.54 bits per heavy atom. The highest BCUT2D eigenvalue weighted by molar-refractivity contribution is 9.11. The molecule has 0 aliphatic heterocycles. The van der Waals surface area contributed by atoms with E-state index in [1.54, 1.807) is 0 Å². The summed E-state index contributed by atoms with van der Waals surface area (Å²) in [6.07, 6.45) is 5.02. The first-order chi connectivity index (χ1) is 13.3. The highest BCUT2D eigenvalue weighted by Gasteiger charge is 2.12. The summed E-state index contributed by atoms with van der Waals surface area (Å²) in [6.45, 7) is 11.8. The van der Waals surface area contributed by atoms with Gasteiger partial charge in [-0.15, -0.1) is 0 Å². The molecule has 0 amide bonds. The van der Waals surface area contributed by atoms with Crippen molar-refractivity contribution >= 4 is 31.9 Å². The van der Waals surface area contributed by atoms with Gasteiger partial charge in [0, 0.05) is 4.47 Å². The van der Waals surface area contributed by atoms with E-state index in [9.17, 15) is 0 Å². The fourth-order valence-corrected chi connectivity index (χ4v) is 4.47. The maximum atomic E-state index is 6.11. The third-order valence-electron chi connectivity index (χ3n) is 4.99. The summed E-state index contributed by atoms with van der Waals surface area (Å²) in [7, 11) is 0. The maximum absolute atomic E-state index is 6.11. The molecule has 2 nitrogen and oxygen atoms in total. The molecule has 28 heavy (non-hydrogen) atoms. The first-order valence-electron chi connectivity index (χ1n) is 10.1. The van der Waals surface area contributed by atoms with Gasteiger partial charge in [0.1, 0.15) is 17.2 Å². The quantitative estimate of drug-likeness (QED) is 0.317. The largest absolute Gasteiger partial charge is 0.494 e. The van der Waals surface area contributed by atoms with Crippen LogP contribution in [0, 0.1) is 25.7 Å². The summed E-state index contributed by atoms with van der Waals surface area (Å²) in [5.74, 6) is 4.06. The van der Waals surface area contributed by atoms with Crippen molar-refractivity contribution in [1.29, 1.82) is 0 Å². The van der Waals surface area contributed by atoms with E-state index in [4.69, 9.17) is 9.47 Å². The number of halogens is 2. The van der Waals surface area contributed by atoms with Crippen molar-refractivity contribution < 1.29 is 9.47 Å². The predicted octanol–water partition coefficient (Wildman–Crippen LogP) is 8.85. The molecule has 0 fully saturated rings. The van der Waals surface area contributed by atoms with Gasteiger partial charge in [-0.05, 0) is 89.5 Å². The molecule has 2 rings (SSSR count). The zero-order valence-electron chi connectivity index (χ0n) is 17.6. The molecule has 0 aliphatic rings. The van der Waals surface area contributed by atoms with E-state index in [0.29, 0.717) is 5.92 Å². The minimum absolute atomic E-state index is 0.710. The fourth-order valence-electron chi connectivity index (χ4n) is 3.06. The van der Waals surface area contributed by atoms with E-state index in [1.165, 1.54) is 19.3 Å². The Morgan fingerprint density at radius 1 is 0.893 bits per heavy atom. The molecule has 0 heterocycles. The normalized spacial score (nSPS) is 12.3. The van der Waals surface area contributed by atoms with Crippen LogP contribution in [0.4, 0.5) is 0 Å². The summed E-state index contributed by atoms with van der Waals surface area (Å²) >= 11 is 7.23. The molecule has 4 heteroatoms. The second-order valence-corrected chi connectivity index (χ2v) is 9.73. The SMILES string of the molecule is Cc1cc(Br)c(C)c(Br)c1Oc1ccc(OCCC(C)CCCC(C)C)cc1. The monoisotopic (exact) mass is 510 g/mol. The second kappa shape index (κ2) is 11.3. The predicted molar refractivity (Wildman–Crippen MR) is 126 cm³/mol. The van der Waals surface area contributed by atoms with Crippen LogP contribution in [-0.4, -0.2) is 6.61 Å². The second-order valence-electron chi connectivity index (χ2n) is 8.08. The van der Waals surface area contributed by atoms with Crippen molar-refractivity contribution in [3.63, 3.8) is 0 Å². The van der Waals surface area contributed by atoms with E-state index in [0.717, 1.165) is 56.3 Å². The lowest BCUT2D eigenvalue weighted by Crippen LogP contribution is -2.04. The van der Waals surface area contributed by atoms with Crippen molar-refractivity contribution in [3.8, 4) is 17.2 Å². The number of ether oxygens (including phenoxy) is 2. The van der Waals surface area contributed by atoms with Crippen LogP contribution in [-0.2, 0) is 0 Å². The van der Waals surface area contributed by atoms with Crippen molar-refractivity contribution in [1.82, 2.24) is 0 Å². The van der Waals surface area contributed by atoms with Crippen molar-refractivity contribution in [3.05, 3.63) is 50.4 Å². The minimum atomic E-state index is 0.710. The van der Waals surface area contributed by atoms with Crippen LogP contribution in [0.2, 0.25) is 0 Å². The zero-order valence-corrected chi connectivity index (χ0v) is 20.8. The maximum Gasteiger partial charge on any atom is 0.144 e.